The number of pyridine rings is 1. The molecule has 1 N–H and O–H groups in total. The van der Waals surface area contributed by atoms with Crippen LogP contribution in [0.1, 0.15) is 65.9 Å². The number of fused-ring (bicyclic) bond motifs is 1. The molecule has 1 aliphatic heterocycles. The largest absolute Gasteiger partial charge is 0.339 e. The molecule has 1 aliphatic rings. The van der Waals surface area contributed by atoms with Crippen LogP contribution in [0.2, 0.25) is 0 Å². The molecule has 0 atom stereocenters. The third-order valence-electron chi connectivity index (χ3n) is 6.45. The van der Waals surface area contributed by atoms with Gasteiger partial charge in [0.2, 0.25) is 0 Å². The van der Waals surface area contributed by atoms with Crippen molar-refractivity contribution in [1.82, 2.24) is 19.4 Å². The van der Waals surface area contributed by atoms with E-state index in [0.29, 0.717) is 5.69 Å². The summed E-state index contributed by atoms with van der Waals surface area (Å²) in [5.41, 5.74) is -0.709. The van der Waals surface area contributed by atoms with Gasteiger partial charge >= 0.3 is 5.69 Å². The number of aromatic nitrogens is 3. The van der Waals surface area contributed by atoms with Gasteiger partial charge < -0.3 is 4.90 Å². The molecular weight excluding hydrogens is 458 g/mol. The number of aryl methyl sites for hydroxylation is 1. The molecular formula is C25H26F2N4O4. The zero-order valence-corrected chi connectivity index (χ0v) is 19.7. The molecule has 8 nitrogen and oxygen atoms in total. The van der Waals surface area contributed by atoms with Crippen molar-refractivity contribution in [2.75, 3.05) is 13.1 Å². The van der Waals surface area contributed by atoms with Gasteiger partial charge in [-0.25, -0.2) is 18.6 Å². The fourth-order valence-electron chi connectivity index (χ4n) is 4.47. The van der Waals surface area contributed by atoms with Crippen molar-refractivity contribution in [3.8, 4) is 0 Å². The third-order valence-corrected chi connectivity index (χ3v) is 6.45. The van der Waals surface area contributed by atoms with E-state index in [9.17, 15) is 28.0 Å². The molecule has 0 spiro atoms. The first-order valence-corrected chi connectivity index (χ1v) is 11.6. The monoisotopic (exact) mass is 484 g/mol. The van der Waals surface area contributed by atoms with Gasteiger partial charge in [-0.3, -0.25) is 23.9 Å². The maximum Gasteiger partial charge on any atom is 0.329 e. The number of rotatable bonds is 5. The van der Waals surface area contributed by atoms with Crippen molar-refractivity contribution < 1.29 is 18.4 Å². The predicted molar refractivity (Wildman–Crippen MR) is 126 cm³/mol. The van der Waals surface area contributed by atoms with Crippen LogP contribution in [-0.2, 0) is 6.54 Å². The highest BCUT2D eigenvalue weighted by Crippen LogP contribution is 2.26. The molecule has 0 unspecified atom stereocenters. The number of nitrogens with zero attached hydrogens (tertiary/aromatic N) is 3. The summed E-state index contributed by atoms with van der Waals surface area (Å²) in [6, 6.07) is 4.35. The zero-order chi connectivity index (χ0) is 25.4. The summed E-state index contributed by atoms with van der Waals surface area (Å²) < 4.78 is 28.9. The van der Waals surface area contributed by atoms with Crippen LogP contribution in [0.5, 0.6) is 0 Å². The molecule has 2 aromatic heterocycles. The number of nitrogens with one attached hydrogen (secondary N) is 1. The SMILES string of the molecule is CCn1c(=O)[nH]c(=O)c2c(C(=O)N3CCC(C(=O)c4cc(F)ccc4F)CC3)cc(C(C)C)nc21. The first-order chi connectivity index (χ1) is 16.6. The number of Topliss-reactive ketones (excluding diaryl/α,β-unsaturated/α-hetero) is 1. The Labute approximate surface area is 199 Å². The van der Waals surface area contributed by atoms with E-state index in [4.69, 9.17) is 0 Å². The molecule has 3 aromatic rings. The topological polar surface area (TPSA) is 105 Å². The summed E-state index contributed by atoms with van der Waals surface area (Å²) in [4.78, 5) is 59.6. The zero-order valence-electron chi connectivity index (χ0n) is 19.7. The minimum atomic E-state index is -0.777. The van der Waals surface area contributed by atoms with Gasteiger partial charge in [0.25, 0.3) is 11.5 Å². The van der Waals surface area contributed by atoms with Gasteiger partial charge in [-0.05, 0) is 49.9 Å². The molecule has 0 radical (unpaired) electrons. The van der Waals surface area contributed by atoms with Gasteiger partial charge in [0.1, 0.15) is 11.6 Å². The lowest BCUT2D eigenvalue weighted by Gasteiger charge is -2.31. The molecule has 1 aromatic carbocycles. The first kappa shape index (κ1) is 24.4. The van der Waals surface area contributed by atoms with Crippen LogP contribution < -0.4 is 11.2 Å². The van der Waals surface area contributed by atoms with Gasteiger partial charge in [-0.1, -0.05) is 13.8 Å². The highest BCUT2D eigenvalue weighted by molar-refractivity contribution is 6.05. The number of ketones is 1. The number of piperidine rings is 1. The van der Waals surface area contributed by atoms with Crippen LogP contribution >= 0.6 is 0 Å². The Morgan fingerprint density at radius 3 is 2.43 bits per heavy atom. The fraction of sp³-hybridized carbons (Fsp3) is 0.400. The first-order valence-electron chi connectivity index (χ1n) is 11.6. The van der Waals surface area contributed by atoms with E-state index in [2.05, 4.69) is 9.97 Å². The van der Waals surface area contributed by atoms with Crippen molar-refractivity contribution in [1.29, 1.82) is 0 Å². The van der Waals surface area contributed by atoms with Gasteiger partial charge in [0.15, 0.2) is 11.4 Å². The number of carbonyl (C=O) groups excluding carboxylic acids is 2. The Hall–Kier alpha value is -3.69. The maximum absolute atomic E-state index is 14.1. The second-order valence-electron chi connectivity index (χ2n) is 9.01. The summed E-state index contributed by atoms with van der Waals surface area (Å²) in [5.74, 6) is -2.98. The molecule has 0 aliphatic carbocycles. The van der Waals surface area contributed by atoms with Gasteiger partial charge in [-0.15, -0.1) is 0 Å². The quantitative estimate of drug-likeness (QED) is 0.560. The Morgan fingerprint density at radius 2 is 1.80 bits per heavy atom. The van der Waals surface area contributed by atoms with Crippen LogP contribution in [0.25, 0.3) is 11.0 Å². The van der Waals surface area contributed by atoms with E-state index >= 15 is 0 Å². The predicted octanol–water partition coefficient (Wildman–Crippen LogP) is 3.24. The van der Waals surface area contributed by atoms with E-state index in [1.807, 2.05) is 13.8 Å². The van der Waals surface area contributed by atoms with Crippen LogP contribution in [0.15, 0.2) is 33.9 Å². The van der Waals surface area contributed by atoms with E-state index < -0.39 is 40.5 Å². The number of amides is 1. The third kappa shape index (κ3) is 4.52. The van der Waals surface area contributed by atoms with Crippen molar-refractivity contribution in [2.45, 2.75) is 46.1 Å². The molecule has 10 heteroatoms. The van der Waals surface area contributed by atoms with E-state index in [0.717, 1.165) is 18.2 Å². The van der Waals surface area contributed by atoms with Gasteiger partial charge in [0.05, 0.1) is 16.5 Å². The Balaban J connectivity index is 1.65. The van der Waals surface area contributed by atoms with Gasteiger partial charge in [-0.2, -0.15) is 0 Å². The van der Waals surface area contributed by atoms with Gasteiger partial charge in [0, 0.05) is 31.2 Å². The summed E-state index contributed by atoms with van der Waals surface area (Å²) in [6.07, 6.45) is 0.549. The van der Waals surface area contributed by atoms with E-state index in [1.165, 1.54) is 9.47 Å². The normalized spacial score (nSPS) is 14.6. The molecule has 4 rings (SSSR count). The summed E-state index contributed by atoms with van der Waals surface area (Å²) in [6.45, 7) is 6.21. The molecule has 1 amide bonds. The summed E-state index contributed by atoms with van der Waals surface area (Å²) in [5, 5.41) is 0.0425. The highest BCUT2D eigenvalue weighted by atomic mass is 19.1. The Morgan fingerprint density at radius 1 is 1.11 bits per heavy atom. The van der Waals surface area contributed by atoms with E-state index in [1.54, 1.807) is 13.0 Å². The average Bonchev–Trinajstić information content (AvgIpc) is 2.84. The minimum absolute atomic E-state index is 0.0425. The second kappa shape index (κ2) is 9.52. The number of halogens is 2. The smallest absolute Gasteiger partial charge is 0.329 e. The van der Waals surface area contributed by atoms with Crippen molar-refractivity contribution in [2.24, 2.45) is 5.92 Å². The number of benzene rings is 1. The molecule has 1 fully saturated rings. The number of H-pyrrole nitrogens is 1. The summed E-state index contributed by atoms with van der Waals surface area (Å²) >= 11 is 0. The Kier molecular flexibility index (Phi) is 6.64. The minimum Gasteiger partial charge on any atom is -0.339 e. The lowest BCUT2D eigenvalue weighted by atomic mass is 9.88. The molecule has 184 valence electrons. The van der Waals surface area contributed by atoms with Crippen LogP contribution in [0.4, 0.5) is 8.78 Å². The van der Waals surface area contributed by atoms with Crippen LogP contribution in [0, 0.1) is 17.6 Å². The lowest BCUT2D eigenvalue weighted by molar-refractivity contribution is 0.0650. The lowest BCUT2D eigenvalue weighted by Crippen LogP contribution is -2.41. The Bertz CT molecular complexity index is 1440. The molecule has 1 saturated heterocycles. The fourth-order valence-corrected chi connectivity index (χ4v) is 4.47. The highest BCUT2D eigenvalue weighted by Gasteiger charge is 2.31. The molecule has 0 saturated carbocycles. The number of aromatic amines is 1. The molecule has 3 heterocycles. The summed E-state index contributed by atoms with van der Waals surface area (Å²) in [7, 11) is 0. The van der Waals surface area contributed by atoms with Crippen molar-refractivity contribution in [3.63, 3.8) is 0 Å². The second-order valence-corrected chi connectivity index (χ2v) is 9.01. The maximum atomic E-state index is 14.1. The number of likely N-dealkylation sites (tertiary alicyclic amines) is 1. The van der Waals surface area contributed by atoms with Crippen LogP contribution in [-0.4, -0.2) is 44.2 Å². The number of carbonyl (C=O) groups is 2. The van der Waals surface area contributed by atoms with Crippen LogP contribution in [0.3, 0.4) is 0 Å². The number of hydrogen-bond donors (Lipinski definition) is 1. The standard InChI is InChI=1S/C25H26F2N4O4/c1-4-31-22-20(23(33)29-25(31)35)17(12-19(28-22)13(2)3)24(34)30-9-7-14(8-10-30)21(32)16-11-15(26)5-6-18(16)27/h5-6,11-14H,4,7-10H2,1-3H3,(H,29,33,35). The van der Waals surface area contributed by atoms with Crippen molar-refractivity contribution in [3.05, 3.63) is 73.6 Å². The molecule has 35 heavy (non-hydrogen) atoms. The molecule has 0 bridgehead atoms. The number of hydrogen-bond acceptors (Lipinski definition) is 5. The average molecular weight is 485 g/mol. The van der Waals surface area contributed by atoms with E-state index in [-0.39, 0.29) is 60.6 Å². The van der Waals surface area contributed by atoms with Crippen molar-refractivity contribution >= 4 is 22.7 Å².